The summed E-state index contributed by atoms with van der Waals surface area (Å²) in [5.74, 6) is 0.431. The van der Waals surface area contributed by atoms with Crippen molar-refractivity contribution in [2.24, 2.45) is 5.14 Å². The Kier molecular flexibility index (Phi) is 3.77. The summed E-state index contributed by atoms with van der Waals surface area (Å²) in [6, 6.07) is 5.17. The number of aromatic nitrogens is 1. The normalized spacial score (nSPS) is 11.9. The van der Waals surface area contributed by atoms with E-state index in [1.807, 2.05) is 0 Å². The van der Waals surface area contributed by atoms with Crippen LogP contribution in [0.3, 0.4) is 0 Å². The van der Waals surface area contributed by atoms with E-state index in [9.17, 15) is 12.8 Å². The molecule has 0 saturated heterocycles. The lowest BCUT2D eigenvalue weighted by molar-refractivity contribution is 0.419. The molecule has 2 rings (SSSR count). The second-order valence-corrected chi connectivity index (χ2v) is 5.66. The fourth-order valence-corrected chi connectivity index (χ4v) is 2.85. The molecule has 0 radical (unpaired) electrons. The first-order valence-corrected chi connectivity index (χ1v) is 7.28. The Morgan fingerprint density at radius 1 is 1.42 bits per heavy atom. The van der Waals surface area contributed by atoms with Gasteiger partial charge in [-0.2, -0.15) is 0 Å². The van der Waals surface area contributed by atoms with E-state index in [-0.39, 0.29) is 4.90 Å². The molecule has 7 heteroatoms. The van der Waals surface area contributed by atoms with E-state index in [2.05, 4.69) is 0 Å². The standard InChI is InChI=1S/C12H15FN2O3S/c1-18-10-5-2-4-9-12(10)11(19(14,16)17)8-15(9)7-3-6-13/h2,4-5,8H,3,6-7H2,1H3,(H2,14,16,17). The van der Waals surface area contributed by atoms with Crippen LogP contribution in [-0.2, 0) is 16.6 Å². The Morgan fingerprint density at radius 2 is 2.16 bits per heavy atom. The van der Waals surface area contributed by atoms with Gasteiger partial charge in [-0.1, -0.05) is 6.07 Å². The summed E-state index contributed by atoms with van der Waals surface area (Å²) in [5, 5.41) is 5.65. The Hall–Kier alpha value is -1.60. The first kappa shape index (κ1) is 13.8. The molecule has 2 aromatic rings. The lowest BCUT2D eigenvalue weighted by Gasteiger charge is -2.05. The monoisotopic (exact) mass is 286 g/mol. The highest BCUT2D eigenvalue weighted by atomic mass is 32.2. The molecule has 0 aliphatic carbocycles. The van der Waals surface area contributed by atoms with Crippen molar-refractivity contribution >= 4 is 20.9 Å². The molecule has 0 aliphatic heterocycles. The Morgan fingerprint density at radius 3 is 2.74 bits per heavy atom. The topological polar surface area (TPSA) is 74.3 Å². The second-order valence-electron chi connectivity index (χ2n) is 4.13. The van der Waals surface area contributed by atoms with Crippen molar-refractivity contribution in [1.29, 1.82) is 0 Å². The third kappa shape index (κ3) is 2.57. The van der Waals surface area contributed by atoms with Crippen LogP contribution in [0.2, 0.25) is 0 Å². The summed E-state index contributed by atoms with van der Waals surface area (Å²) in [6.45, 7) is -0.0793. The highest BCUT2D eigenvalue weighted by Crippen LogP contribution is 2.32. The molecule has 1 aromatic heterocycles. The number of ether oxygens (including phenoxy) is 1. The van der Waals surface area contributed by atoms with Crippen LogP contribution in [-0.4, -0.2) is 26.8 Å². The zero-order chi connectivity index (χ0) is 14.0. The number of fused-ring (bicyclic) bond motifs is 1. The van der Waals surface area contributed by atoms with Gasteiger partial charge in [0.1, 0.15) is 10.6 Å². The first-order chi connectivity index (χ1) is 8.99. The van der Waals surface area contributed by atoms with E-state index < -0.39 is 16.7 Å². The van der Waals surface area contributed by atoms with Gasteiger partial charge in [-0.15, -0.1) is 0 Å². The van der Waals surface area contributed by atoms with Crippen LogP contribution in [0, 0.1) is 0 Å². The molecule has 0 unspecified atom stereocenters. The number of alkyl halides is 1. The zero-order valence-electron chi connectivity index (χ0n) is 10.5. The molecule has 0 atom stereocenters. The van der Waals surface area contributed by atoms with Crippen LogP contribution >= 0.6 is 0 Å². The molecule has 0 spiro atoms. The number of halogens is 1. The minimum atomic E-state index is -3.86. The molecular formula is C12H15FN2O3S. The lowest BCUT2D eigenvalue weighted by atomic mass is 10.2. The van der Waals surface area contributed by atoms with Crippen molar-refractivity contribution in [3.8, 4) is 5.75 Å². The minimum absolute atomic E-state index is 0.00110. The third-order valence-corrected chi connectivity index (χ3v) is 3.81. The van der Waals surface area contributed by atoms with E-state index in [0.717, 1.165) is 0 Å². The number of sulfonamides is 1. The van der Waals surface area contributed by atoms with Gasteiger partial charge in [-0.25, -0.2) is 13.6 Å². The van der Waals surface area contributed by atoms with E-state index in [1.54, 1.807) is 22.8 Å². The number of nitrogens with zero attached hydrogens (tertiary/aromatic N) is 1. The highest BCUT2D eigenvalue weighted by Gasteiger charge is 2.20. The lowest BCUT2D eigenvalue weighted by Crippen LogP contribution is -2.11. The third-order valence-electron chi connectivity index (χ3n) is 2.89. The number of nitrogens with two attached hydrogens (primary N) is 1. The van der Waals surface area contributed by atoms with E-state index in [0.29, 0.717) is 29.6 Å². The van der Waals surface area contributed by atoms with Gasteiger partial charge in [0.05, 0.1) is 24.7 Å². The molecule has 0 fully saturated rings. The van der Waals surface area contributed by atoms with E-state index >= 15 is 0 Å². The van der Waals surface area contributed by atoms with Crippen LogP contribution in [0.5, 0.6) is 5.75 Å². The van der Waals surface area contributed by atoms with Gasteiger partial charge < -0.3 is 9.30 Å². The number of primary sulfonamides is 1. The summed E-state index contributed by atoms with van der Waals surface area (Å²) < 4.78 is 42.4. The molecule has 1 heterocycles. The molecule has 0 amide bonds. The van der Waals surface area contributed by atoms with Gasteiger partial charge in [0.25, 0.3) is 0 Å². The summed E-state index contributed by atoms with van der Waals surface area (Å²) in [6.07, 6.45) is 1.74. The average Bonchev–Trinajstić information content (AvgIpc) is 2.75. The maximum absolute atomic E-state index is 12.3. The number of benzene rings is 1. The predicted molar refractivity (Wildman–Crippen MR) is 70.5 cm³/mol. The number of hydrogen-bond donors (Lipinski definition) is 1. The maximum atomic E-state index is 12.3. The van der Waals surface area contributed by atoms with Crippen LogP contribution in [0.1, 0.15) is 6.42 Å². The first-order valence-electron chi connectivity index (χ1n) is 5.73. The van der Waals surface area contributed by atoms with Gasteiger partial charge in [0, 0.05) is 12.7 Å². The molecule has 104 valence electrons. The molecule has 0 bridgehead atoms. The van der Waals surface area contributed by atoms with Gasteiger partial charge >= 0.3 is 0 Å². The van der Waals surface area contributed by atoms with Crippen molar-refractivity contribution in [2.45, 2.75) is 17.9 Å². The van der Waals surface area contributed by atoms with Crippen molar-refractivity contribution in [3.05, 3.63) is 24.4 Å². The molecule has 2 N–H and O–H groups in total. The van der Waals surface area contributed by atoms with Gasteiger partial charge in [-0.05, 0) is 18.6 Å². The van der Waals surface area contributed by atoms with Crippen molar-refractivity contribution < 1.29 is 17.5 Å². The fraction of sp³-hybridized carbons (Fsp3) is 0.333. The molecule has 0 saturated carbocycles. The summed E-state index contributed by atoms with van der Waals surface area (Å²) in [4.78, 5) is -0.00110. The van der Waals surface area contributed by atoms with Crippen LogP contribution in [0.4, 0.5) is 4.39 Å². The van der Waals surface area contributed by atoms with Gasteiger partial charge in [-0.3, -0.25) is 4.39 Å². The Labute approximate surface area is 110 Å². The molecule has 1 aromatic carbocycles. The Bertz CT molecular complexity index is 694. The average molecular weight is 286 g/mol. The fourth-order valence-electron chi connectivity index (χ4n) is 2.08. The summed E-state index contributed by atoms with van der Waals surface area (Å²) in [5.41, 5.74) is 0.664. The van der Waals surface area contributed by atoms with Crippen molar-refractivity contribution in [1.82, 2.24) is 4.57 Å². The second kappa shape index (κ2) is 5.18. The SMILES string of the molecule is COc1cccc2c1c(S(N)(=O)=O)cn2CCCF. The summed E-state index contributed by atoms with van der Waals surface area (Å²) in [7, 11) is -2.40. The van der Waals surface area contributed by atoms with E-state index in [1.165, 1.54) is 13.3 Å². The van der Waals surface area contributed by atoms with Crippen LogP contribution < -0.4 is 9.88 Å². The van der Waals surface area contributed by atoms with Crippen LogP contribution in [0.25, 0.3) is 10.9 Å². The smallest absolute Gasteiger partial charge is 0.240 e. The molecule has 0 aliphatic rings. The number of rotatable bonds is 5. The van der Waals surface area contributed by atoms with Gasteiger partial charge in [0.2, 0.25) is 10.0 Å². The number of aryl methyl sites for hydroxylation is 1. The quantitative estimate of drug-likeness (QED) is 0.908. The predicted octanol–water partition coefficient (Wildman–Crippen LogP) is 1.66. The van der Waals surface area contributed by atoms with E-state index in [4.69, 9.17) is 9.88 Å². The molecular weight excluding hydrogens is 271 g/mol. The van der Waals surface area contributed by atoms with Crippen molar-refractivity contribution in [2.75, 3.05) is 13.8 Å². The zero-order valence-corrected chi connectivity index (χ0v) is 11.3. The minimum Gasteiger partial charge on any atom is -0.496 e. The highest BCUT2D eigenvalue weighted by molar-refractivity contribution is 7.89. The number of methoxy groups -OCH3 is 1. The van der Waals surface area contributed by atoms with Crippen LogP contribution in [0.15, 0.2) is 29.3 Å². The molecule has 19 heavy (non-hydrogen) atoms. The largest absolute Gasteiger partial charge is 0.496 e. The number of hydrogen-bond acceptors (Lipinski definition) is 3. The Balaban J connectivity index is 2.74. The van der Waals surface area contributed by atoms with Gasteiger partial charge in [0.15, 0.2) is 0 Å². The molecule has 5 nitrogen and oxygen atoms in total. The maximum Gasteiger partial charge on any atom is 0.240 e. The summed E-state index contributed by atoms with van der Waals surface area (Å²) >= 11 is 0. The van der Waals surface area contributed by atoms with Crippen molar-refractivity contribution in [3.63, 3.8) is 0 Å².